The van der Waals surface area contributed by atoms with Crippen LogP contribution in [0.15, 0.2) is 29.3 Å². The van der Waals surface area contributed by atoms with Gasteiger partial charge in [-0.15, -0.1) is 0 Å². The molecule has 1 aliphatic rings. The molecular weight excluding hydrogens is 421 g/mol. The van der Waals surface area contributed by atoms with E-state index in [0.717, 1.165) is 11.6 Å². The van der Waals surface area contributed by atoms with Gasteiger partial charge in [-0.2, -0.15) is 13.2 Å². The molecule has 1 atom stereocenters. The lowest BCUT2D eigenvalue weighted by atomic mass is 9.92. The summed E-state index contributed by atoms with van der Waals surface area (Å²) in [5, 5.41) is 9.25. The topological polar surface area (TPSA) is 71.8 Å². The molecule has 2 heterocycles. The summed E-state index contributed by atoms with van der Waals surface area (Å²) in [7, 11) is 1.48. The highest BCUT2D eigenvalue weighted by Crippen LogP contribution is 2.37. The summed E-state index contributed by atoms with van der Waals surface area (Å²) in [6.07, 6.45) is -4.51. The molecule has 3 rings (SSSR count). The number of ketones is 1. The number of halogens is 4. The number of carbonyl (C=O) groups excluding carboxylic acids is 1. The summed E-state index contributed by atoms with van der Waals surface area (Å²) in [5.74, 6) is -0.199. The average molecular weight is 441 g/mol. The smallest absolute Gasteiger partial charge is 0.417 e. The number of hydrogen-bond acceptors (Lipinski definition) is 5. The lowest BCUT2D eigenvalue weighted by Crippen LogP contribution is -2.13. The number of Topliss-reactive ketones (excluding diaryl/α,β-unsaturated/α-hetero) is 1. The van der Waals surface area contributed by atoms with Gasteiger partial charge in [-0.1, -0.05) is 24.6 Å². The number of pyridine rings is 1. The molecule has 1 aromatic carbocycles. The number of fused-ring (bicyclic) bond motifs is 1. The first-order chi connectivity index (χ1) is 14.1. The van der Waals surface area contributed by atoms with E-state index in [1.807, 2.05) is 0 Å². The zero-order valence-corrected chi connectivity index (χ0v) is 17.1. The fourth-order valence-corrected chi connectivity index (χ4v) is 3.74. The summed E-state index contributed by atoms with van der Waals surface area (Å²) in [4.78, 5) is 21.1. The van der Waals surface area contributed by atoms with Crippen LogP contribution in [-0.2, 0) is 35.3 Å². The number of carbonyl (C=O) groups is 1. The molecule has 30 heavy (non-hydrogen) atoms. The SMILES string of the molecule is COC1=NCc2cc(CC(=O)C[C@H](C)c3ccc(Cl)c(C(F)(F)F)c3)nc(CO)c21. The van der Waals surface area contributed by atoms with Crippen LogP contribution < -0.4 is 0 Å². The maximum absolute atomic E-state index is 13.1. The van der Waals surface area contributed by atoms with Crippen LogP contribution in [0.1, 0.15) is 52.9 Å². The fraction of sp³-hybridized carbons (Fsp3) is 0.381. The van der Waals surface area contributed by atoms with Gasteiger partial charge < -0.3 is 9.84 Å². The lowest BCUT2D eigenvalue weighted by molar-refractivity contribution is -0.137. The Morgan fingerprint density at radius 2 is 2.07 bits per heavy atom. The molecule has 0 saturated heterocycles. The maximum atomic E-state index is 13.1. The number of alkyl halides is 3. The molecule has 0 radical (unpaired) electrons. The van der Waals surface area contributed by atoms with E-state index in [2.05, 4.69) is 9.98 Å². The minimum Gasteiger partial charge on any atom is -0.481 e. The van der Waals surface area contributed by atoms with Gasteiger partial charge in [0.1, 0.15) is 5.78 Å². The van der Waals surface area contributed by atoms with Crippen molar-refractivity contribution < 1.29 is 27.8 Å². The van der Waals surface area contributed by atoms with Gasteiger partial charge in [0, 0.05) is 18.5 Å². The number of benzene rings is 1. The molecule has 0 amide bonds. The predicted octanol–water partition coefficient (Wildman–Crippen LogP) is 4.46. The Kier molecular flexibility index (Phi) is 6.47. The summed E-state index contributed by atoms with van der Waals surface area (Å²) >= 11 is 5.66. The molecule has 0 saturated carbocycles. The minimum atomic E-state index is -4.56. The van der Waals surface area contributed by atoms with E-state index < -0.39 is 17.7 Å². The van der Waals surface area contributed by atoms with Crippen LogP contribution in [0.3, 0.4) is 0 Å². The number of aromatic nitrogens is 1. The van der Waals surface area contributed by atoms with Gasteiger partial charge in [0.05, 0.1) is 42.1 Å². The quantitative estimate of drug-likeness (QED) is 0.720. The molecule has 0 unspecified atom stereocenters. The van der Waals surface area contributed by atoms with Crippen molar-refractivity contribution in [2.24, 2.45) is 4.99 Å². The third-order valence-electron chi connectivity index (χ3n) is 4.96. The third kappa shape index (κ3) is 4.65. The molecule has 0 bridgehead atoms. The van der Waals surface area contributed by atoms with Crippen LogP contribution in [0.5, 0.6) is 0 Å². The molecule has 1 N–H and O–H groups in total. The first kappa shape index (κ1) is 22.2. The molecule has 2 aromatic rings. The van der Waals surface area contributed by atoms with Crippen molar-refractivity contribution in [1.82, 2.24) is 4.98 Å². The van der Waals surface area contributed by atoms with Gasteiger partial charge in [-0.05, 0) is 35.2 Å². The van der Waals surface area contributed by atoms with Gasteiger partial charge in [-0.25, -0.2) is 4.99 Å². The molecule has 1 aromatic heterocycles. The van der Waals surface area contributed by atoms with Gasteiger partial charge in [0.15, 0.2) is 0 Å². The zero-order chi connectivity index (χ0) is 22.1. The summed E-state index contributed by atoms with van der Waals surface area (Å²) in [5.41, 5.74) is 1.79. The molecule has 1 aliphatic heterocycles. The first-order valence-electron chi connectivity index (χ1n) is 9.23. The Labute approximate surface area is 176 Å². The molecular formula is C21H20ClF3N2O3. The van der Waals surface area contributed by atoms with Crippen LogP contribution in [-0.4, -0.2) is 28.9 Å². The Morgan fingerprint density at radius 3 is 2.70 bits per heavy atom. The van der Waals surface area contributed by atoms with Crippen LogP contribution >= 0.6 is 11.6 Å². The summed E-state index contributed by atoms with van der Waals surface area (Å²) in [6.45, 7) is 1.74. The van der Waals surface area contributed by atoms with Gasteiger partial charge in [-0.3, -0.25) is 9.78 Å². The number of aliphatic imine (C=N–C) groups is 1. The van der Waals surface area contributed by atoms with Crippen LogP contribution in [0.2, 0.25) is 5.02 Å². The summed E-state index contributed by atoms with van der Waals surface area (Å²) in [6, 6.07) is 5.43. The Bertz CT molecular complexity index is 1010. The molecule has 5 nitrogen and oxygen atoms in total. The molecule has 0 fully saturated rings. The highest BCUT2D eigenvalue weighted by atomic mass is 35.5. The standard InChI is InChI=1S/C21H20ClF3N2O3/c1-11(12-3-4-17(22)16(7-12)21(23,24)25)5-15(29)8-14-6-13-9-26-20(30-2)19(13)18(10-28)27-14/h3-4,6-7,11,28H,5,8-10H2,1-2H3/t11-/m0/s1. The second kappa shape index (κ2) is 8.73. The largest absolute Gasteiger partial charge is 0.481 e. The first-order valence-corrected chi connectivity index (χ1v) is 9.61. The maximum Gasteiger partial charge on any atom is 0.417 e. The van der Waals surface area contributed by atoms with Crippen molar-refractivity contribution in [3.8, 4) is 0 Å². The predicted molar refractivity (Wildman–Crippen MR) is 106 cm³/mol. The lowest BCUT2D eigenvalue weighted by Gasteiger charge is -2.15. The van der Waals surface area contributed by atoms with Crippen LogP contribution in [0.25, 0.3) is 0 Å². The second-order valence-corrected chi connectivity index (χ2v) is 7.54. The second-order valence-electron chi connectivity index (χ2n) is 7.14. The number of hydrogen-bond donors (Lipinski definition) is 1. The number of aliphatic hydroxyl groups is 1. The van der Waals surface area contributed by atoms with Crippen molar-refractivity contribution >= 4 is 23.3 Å². The number of rotatable bonds is 6. The molecule has 160 valence electrons. The monoisotopic (exact) mass is 440 g/mol. The average Bonchev–Trinajstić information content (AvgIpc) is 3.09. The van der Waals surface area contributed by atoms with Crippen molar-refractivity contribution in [2.75, 3.05) is 7.11 Å². The normalized spacial score (nSPS) is 14.3. The highest BCUT2D eigenvalue weighted by molar-refractivity contribution is 6.31. The van der Waals surface area contributed by atoms with E-state index in [-0.39, 0.29) is 30.3 Å². The number of nitrogens with zero attached hydrogens (tertiary/aromatic N) is 2. The van der Waals surface area contributed by atoms with Crippen molar-refractivity contribution in [3.05, 3.63) is 62.9 Å². The van der Waals surface area contributed by atoms with Crippen molar-refractivity contribution in [2.45, 2.75) is 45.0 Å². The number of methoxy groups -OCH3 is 1. The Morgan fingerprint density at radius 1 is 1.33 bits per heavy atom. The van der Waals surface area contributed by atoms with E-state index >= 15 is 0 Å². The Hall–Kier alpha value is -2.45. The zero-order valence-electron chi connectivity index (χ0n) is 16.4. The third-order valence-corrected chi connectivity index (χ3v) is 5.29. The van der Waals surface area contributed by atoms with Crippen molar-refractivity contribution in [1.29, 1.82) is 0 Å². The minimum absolute atomic E-state index is 0.00660. The van der Waals surface area contributed by atoms with E-state index in [4.69, 9.17) is 16.3 Å². The van der Waals surface area contributed by atoms with E-state index in [9.17, 15) is 23.1 Å². The van der Waals surface area contributed by atoms with Crippen LogP contribution in [0, 0.1) is 0 Å². The van der Waals surface area contributed by atoms with Crippen molar-refractivity contribution in [3.63, 3.8) is 0 Å². The number of aliphatic hydroxyl groups excluding tert-OH is 1. The molecule has 0 aliphatic carbocycles. The van der Waals surface area contributed by atoms with E-state index in [1.54, 1.807) is 13.0 Å². The molecule has 0 spiro atoms. The van der Waals surface area contributed by atoms with Gasteiger partial charge in [0.25, 0.3) is 0 Å². The fourth-order valence-electron chi connectivity index (χ4n) is 3.51. The van der Waals surface area contributed by atoms with Crippen LogP contribution in [0.4, 0.5) is 13.2 Å². The highest BCUT2D eigenvalue weighted by Gasteiger charge is 2.33. The molecule has 9 heteroatoms. The van der Waals surface area contributed by atoms with E-state index in [0.29, 0.717) is 35.0 Å². The Balaban J connectivity index is 1.74. The van der Waals surface area contributed by atoms with Gasteiger partial charge in [0.2, 0.25) is 5.90 Å². The summed E-state index contributed by atoms with van der Waals surface area (Å²) < 4.78 is 44.4. The van der Waals surface area contributed by atoms with E-state index in [1.165, 1.54) is 19.2 Å². The number of ether oxygens (including phenoxy) is 1. The van der Waals surface area contributed by atoms with Gasteiger partial charge >= 0.3 is 6.18 Å².